The summed E-state index contributed by atoms with van der Waals surface area (Å²) in [5, 5.41) is 3.49. The van der Waals surface area contributed by atoms with Gasteiger partial charge < -0.3 is 14.5 Å². The Labute approximate surface area is 157 Å². The molecule has 2 aromatic heterocycles. The van der Waals surface area contributed by atoms with Crippen LogP contribution in [0.4, 0.5) is 0 Å². The average molecular weight is 363 g/mol. The maximum Gasteiger partial charge on any atom is 0.312 e. The molecule has 0 saturated carbocycles. The van der Waals surface area contributed by atoms with Crippen LogP contribution in [-0.4, -0.2) is 23.0 Å². The van der Waals surface area contributed by atoms with Crippen LogP contribution in [0.3, 0.4) is 0 Å². The highest BCUT2D eigenvalue weighted by Crippen LogP contribution is 2.45. The fourth-order valence-corrected chi connectivity index (χ4v) is 4.12. The fraction of sp³-hybridized carbons (Fsp3) is 0.286. The topological polar surface area (TPSA) is 77.2 Å². The summed E-state index contributed by atoms with van der Waals surface area (Å²) >= 11 is 0. The first kappa shape index (κ1) is 17.3. The van der Waals surface area contributed by atoms with Gasteiger partial charge in [0.2, 0.25) is 0 Å². The van der Waals surface area contributed by atoms with Crippen LogP contribution < -0.4 is 5.32 Å². The number of para-hydroxylation sites is 1. The maximum absolute atomic E-state index is 13.0. The van der Waals surface area contributed by atoms with Crippen LogP contribution in [0.25, 0.3) is 11.1 Å². The number of hydrogen-bond donors (Lipinski definition) is 1. The molecule has 4 rings (SSSR count). The molecular formula is C21H21N3O3. The highest BCUT2D eigenvalue weighted by molar-refractivity contribution is 5.81. The third kappa shape index (κ3) is 2.77. The van der Waals surface area contributed by atoms with Gasteiger partial charge in [0.15, 0.2) is 12.0 Å². The van der Waals surface area contributed by atoms with Gasteiger partial charge in [-0.2, -0.15) is 0 Å². The number of fused-ring (bicyclic) bond motifs is 1. The van der Waals surface area contributed by atoms with E-state index in [1.54, 1.807) is 12.4 Å². The maximum atomic E-state index is 13.0. The molecule has 0 aliphatic carbocycles. The summed E-state index contributed by atoms with van der Waals surface area (Å²) in [4.78, 5) is 21.5. The average Bonchev–Trinajstić information content (AvgIpc) is 3.16. The highest BCUT2D eigenvalue weighted by atomic mass is 16.5. The van der Waals surface area contributed by atoms with Crippen LogP contribution in [0.5, 0.6) is 0 Å². The van der Waals surface area contributed by atoms with Crippen molar-refractivity contribution in [2.75, 3.05) is 7.11 Å². The lowest BCUT2D eigenvalue weighted by Gasteiger charge is -2.44. The Morgan fingerprint density at radius 3 is 2.89 bits per heavy atom. The standard InChI is InChI=1S/C21H21N3O3/c1-13-10-16(15-7-4-8-17-19(15)27-12-23-17)18(20(25)26-3)21(2,24-13)14-6-5-9-22-11-14/h4-12,16,18,24H,1-3H3. The highest BCUT2D eigenvalue weighted by Gasteiger charge is 2.49. The molecule has 1 aliphatic heterocycles. The molecule has 3 unspecified atom stereocenters. The molecule has 3 heterocycles. The lowest BCUT2D eigenvalue weighted by atomic mass is 9.68. The van der Waals surface area contributed by atoms with Gasteiger partial charge in [-0.05, 0) is 31.5 Å². The summed E-state index contributed by atoms with van der Waals surface area (Å²) in [6.45, 7) is 4.01. The Balaban J connectivity index is 1.93. The van der Waals surface area contributed by atoms with E-state index >= 15 is 0 Å². The van der Waals surface area contributed by atoms with Crippen LogP contribution >= 0.6 is 0 Å². The normalized spacial score (nSPS) is 24.9. The van der Waals surface area contributed by atoms with Gasteiger partial charge in [0, 0.05) is 29.6 Å². The van der Waals surface area contributed by atoms with Crippen molar-refractivity contribution >= 4 is 17.1 Å². The van der Waals surface area contributed by atoms with E-state index in [4.69, 9.17) is 9.15 Å². The van der Waals surface area contributed by atoms with E-state index in [0.717, 1.165) is 22.3 Å². The van der Waals surface area contributed by atoms with Crippen LogP contribution in [0.2, 0.25) is 0 Å². The zero-order valence-electron chi connectivity index (χ0n) is 15.5. The molecule has 0 amide bonds. The number of rotatable bonds is 3. The van der Waals surface area contributed by atoms with Gasteiger partial charge >= 0.3 is 5.97 Å². The predicted molar refractivity (Wildman–Crippen MR) is 101 cm³/mol. The molecule has 0 saturated heterocycles. The van der Waals surface area contributed by atoms with Crippen molar-refractivity contribution in [1.29, 1.82) is 0 Å². The van der Waals surface area contributed by atoms with Crippen LogP contribution in [0.15, 0.2) is 65.3 Å². The number of nitrogens with one attached hydrogen (secondary N) is 1. The van der Waals surface area contributed by atoms with E-state index in [-0.39, 0.29) is 11.9 Å². The molecule has 1 aromatic carbocycles. The Hall–Kier alpha value is -3.15. The number of allylic oxidation sites excluding steroid dienone is 2. The largest absolute Gasteiger partial charge is 0.469 e. The number of ether oxygens (including phenoxy) is 1. The third-order valence-electron chi connectivity index (χ3n) is 5.33. The molecule has 3 aromatic rings. The summed E-state index contributed by atoms with van der Waals surface area (Å²) in [6.07, 6.45) is 6.99. The number of carbonyl (C=O) groups excluding carboxylic acids is 1. The minimum absolute atomic E-state index is 0.236. The zero-order valence-corrected chi connectivity index (χ0v) is 15.5. The molecule has 138 valence electrons. The first-order valence-corrected chi connectivity index (χ1v) is 8.81. The van der Waals surface area contributed by atoms with Gasteiger partial charge in [0.05, 0.1) is 18.6 Å². The van der Waals surface area contributed by atoms with E-state index in [2.05, 4.69) is 21.4 Å². The Morgan fingerprint density at radius 1 is 1.30 bits per heavy atom. The number of esters is 1. The van der Waals surface area contributed by atoms with Gasteiger partial charge in [0.25, 0.3) is 0 Å². The van der Waals surface area contributed by atoms with Crippen molar-refractivity contribution in [1.82, 2.24) is 15.3 Å². The van der Waals surface area contributed by atoms with E-state index in [1.807, 2.05) is 44.2 Å². The molecule has 6 heteroatoms. The number of hydrogen-bond acceptors (Lipinski definition) is 6. The summed E-state index contributed by atoms with van der Waals surface area (Å²) in [7, 11) is 1.42. The van der Waals surface area contributed by atoms with Gasteiger partial charge in [0.1, 0.15) is 5.52 Å². The fourth-order valence-electron chi connectivity index (χ4n) is 4.12. The first-order valence-electron chi connectivity index (χ1n) is 8.81. The van der Waals surface area contributed by atoms with E-state index in [9.17, 15) is 4.79 Å². The smallest absolute Gasteiger partial charge is 0.312 e. The Bertz CT molecular complexity index is 1010. The minimum Gasteiger partial charge on any atom is -0.469 e. The Kier molecular flexibility index (Phi) is 4.18. The van der Waals surface area contributed by atoms with Crippen molar-refractivity contribution in [2.24, 2.45) is 5.92 Å². The van der Waals surface area contributed by atoms with Gasteiger partial charge in [-0.15, -0.1) is 0 Å². The van der Waals surface area contributed by atoms with Crippen molar-refractivity contribution in [3.05, 3.63) is 72.0 Å². The number of nitrogens with zero attached hydrogens (tertiary/aromatic N) is 2. The summed E-state index contributed by atoms with van der Waals surface area (Å²) in [5.74, 6) is -1.04. The van der Waals surface area contributed by atoms with E-state index in [1.165, 1.54) is 13.5 Å². The second kappa shape index (κ2) is 6.54. The van der Waals surface area contributed by atoms with Crippen LogP contribution in [-0.2, 0) is 15.1 Å². The summed E-state index contributed by atoms with van der Waals surface area (Å²) in [5.41, 5.74) is 3.58. The molecule has 0 bridgehead atoms. The number of pyridine rings is 1. The molecule has 6 nitrogen and oxygen atoms in total. The van der Waals surface area contributed by atoms with Gasteiger partial charge in [-0.3, -0.25) is 9.78 Å². The summed E-state index contributed by atoms with van der Waals surface area (Å²) < 4.78 is 10.9. The third-order valence-corrected chi connectivity index (χ3v) is 5.33. The molecule has 27 heavy (non-hydrogen) atoms. The number of aromatic nitrogens is 2. The lowest BCUT2D eigenvalue weighted by Crippen LogP contribution is -2.53. The summed E-state index contributed by atoms with van der Waals surface area (Å²) in [6, 6.07) is 9.65. The molecule has 3 atom stereocenters. The molecule has 0 fully saturated rings. The SMILES string of the molecule is COC(=O)C1C(c2cccc3ncoc23)C=C(C)NC1(C)c1cccnc1. The van der Waals surface area contributed by atoms with Crippen molar-refractivity contribution in [3.8, 4) is 0 Å². The zero-order chi connectivity index (χ0) is 19.0. The molecule has 0 radical (unpaired) electrons. The van der Waals surface area contributed by atoms with E-state index < -0.39 is 11.5 Å². The number of oxazole rings is 1. The van der Waals surface area contributed by atoms with E-state index in [0.29, 0.717) is 5.58 Å². The first-order chi connectivity index (χ1) is 13.0. The quantitative estimate of drug-likeness (QED) is 0.718. The van der Waals surface area contributed by atoms with Gasteiger partial charge in [-0.25, -0.2) is 4.98 Å². The second-order valence-electron chi connectivity index (χ2n) is 6.99. The second-order valence-corrected chi connectivity index (χ2v) is 6.99. The van der Waals surface area contributed by atoms with Crippen molar-refractivity contribution in [2.45, 2.75) is 25.3 Å². The number of benzene rings is 1. The van der Waals surface area contributed by atoms with Crippen molar-refractivity contribution < 1.29 is 13.9 Å². The van der Waals surface area contributed by atoms with Crippen LogP contribution in [0, 0.1) is 5.92 Å². The minimum atomic E-state index is -0.687. The predicted octanol–water partition coefficient (Wildman–Crippen LogP) is 3.52. The molecule has 0 spiro atoms. The van der Waals surface area contributed by atoms with Crippen molar-refractivity contribution in [3.63, 3.8) is 0 Å². The molecular weight excluding hydrogens is 342 g/mol. The lowest BCUT2D eigenvalue weighted by molar-refractivity contribution is -0.149. The van der Waals surface area contributed by atoms with Crippen LogP contribution in [0.1, 0.15) is 30.9 Å². The van der Waals surface area contributed by atoms with Gasteiger partial charge in [-0.1, -0.05) is 24.3 Å². The number of methoxy groups -OCH3 is 1. The monoisotopic (exact) mass is 363 g/mol. The number of carbonyl (C=O) groups is 1. The molecule has 1 N–H and O–H groups in total. The Morgan fingerprint density at radius 2 is 2.15 bits per heavy atom. The molecule has 1 aliphatic rings.